The summed E-state index contributed by atoms with van der Waals surface area (Å²) in [6.07, 6.45) is 0. The number of guanidine groups is 1. The Morgan fingerprint density at radius 2 is 2.09 bits per heavy atom. The first-order valence-electron chi connectivity index (χ1n) is 7.08. The maximum absolute atomic E-state index is 11.6. The van der Waals surface area contributed by atoms with E-state index in [2.05, 4.69) is 27.5 Å². The van der Waals surface area contributed by atoms with Crippen LogP contribution in [0.1, 0.15) is 15.6 Å². The van der Waals surface area contributed by atoms with Crippen LogP contribution in [0.25, 0.3) is 0 Å². The van der Waals surface area contributed by atoms with Gasteiger partial charge < -0.3 is 20.3 Å². The summed E-state index contributed by atoms with van der Waals surface area (Å²) in [7, 11) is 5.07. The number of thiazole rings is 1. The standard InChI is InChI=1S/C14H25N5O2S/c1-10-11(2)22-12(18-10)8-16-14(15-6-7-21-5)17-9-13(20)19(3)4/h6-9H2,1-5H3,(H2,15,16,17). The number of carbonyl (C=O) groups is 1. The number of amides is 1. The van der Waals surface area contributed by atoms with Gasteiger partial charge in [-0.05, 0) is 13.8 Å². The average molecular weight is 327 g/mol. The van der Waals surface area contributed by atoms with Crippen LogP contribution >= 0.6 is 11.3 Å². The zero-order chi connectivity index (χ0) is 16.5. The molecule has 0 fully saturated rings. The van der Waals surface area contributed by atoms with Crippen molar-refractivity contribution >= 4 is 23.2 Å². The molecule has 1 amide bonds. The summed E-state index contributed by atoms with van der Waals surface area (Å²) in [6.45, 7) is 5.92. The van der Waals surface area contributed by atoms with Crippen LogP contribution in [-0.4, -0.2) is 62.7 Å². The number of methoxy groups -OCH3 is 1. The van der Waals surface area contributed by atoms with Crippen molar-refractivity contribution < 1.29 is 9.53 Å². The number of hydrogen-bond donors (Lipinski definition) is 2. The fraction of sp³-hybridized carbons (Fsp3) is 0.643. The van der Waals surface area contributed by atoms with E-state index in [0.29, 0.717) is 25.7 Å². The van der Waals surface area contributed by atoms with E-state index in [-0.39, 0.29) is 12.5 Å². The van der Waals surface area contributed by atoms with Crippen molar-refractivity contribution in [1.82, 2.24) is 20.5 Å². The van der Waals surface area contributed by atoms with Gasteiger partial charge >= 0.3 is 0 Å². The Morgan fingerprint density at radius 1 is 1.36 bits per heavy atom. The van der Waals surface area contributed by atoms with Gasteiger partial charge in [-0.3, -0.25) is 4.79 Å². The van der Waals surface area contributed by atoms with E-state index in [9.17, 15) is 4.79 Å². The molecule has 7 nitrogen and oxygen atoms in total. The molecule has 0 unspecified atom stereocenters. The van der Waals surface area contributed by atoms with Gasteiger partial charge in [0.1, 0.15) is 11.6 Å². The first-order valence-corrected chi connectivity index (χ1v) is 7.90. The fourth-order valence-electron chi connectivity index (χ4n) is 1.51. The smallest absolute Gasteiger partial charge is 0.243 e. The number of aromatic nitrogens is 1. The van der Waals surface area contributed by atoms with Gasteiger partial charge in [-0.1, -0.05) is 0 Å². The third-order valence-corrected chi connectivity index (χ3v) is 4.02. The van der Waals surface area contributed by atoms with Gasteiger partial charge in [-0.25, -0.2) is 9.98 Å². The Hall–Kier alpha value is -1.67. The monoisotopic (exact) mass is 327 g/mol. The summed E-state index contributed by atoms with van der Waals surface area (Å²) in [4.78, 5) is 23.1. The molecule has 0 radical (unpaired) electrons. The zero-order valence-corrected chi connectivity index (χ0v) is 14.7. The van der Waals surface area contributed by atoms with E-state index in [1.807, 2.05) is 6.92 Å². The second-order valence-electron chi connectivity index (χ2n) is 4.98. The first-order chi connectivity index (χ1) is 10.4. The molecular formula is C14H25N5O2S. The molecule has 0 saturated heterocycles. The molecule has 2 N–H and O–H groups in total. The van der Waals surface area contributed by atoms with Crippen molar-refractivity contribution in [3.63, 3.8) is 0 Å². The molecule has 124 valence electrons. The summed E-state index contributed by atoms with van der Waals surface area (Å²) in [5, 5.41) is 7.31. The minimum Gasteiger partial charge on any atom is -0.383 e. The summed E-state index contributed by atoms with van der Waals surface area (Å²) in [6, 6.07) is 0. The molecule has 1 heterocycles. The van der Waals surface area contributed by atoms with Crippen LogP contribution in [0.3, 0.4) is 0 Å². The molecule has 0 aliphatic carbocycles. The molecule has 0 aromatic carbocycles. The van der Waals surface area contributed by atoms with E-state index in [1.165, 1.54) is 9.78 Å². The summed E-state index contributed by atoms with van der Waals surface area (Å²) < 4.78 is 5.01. The van der Waals surface area contributed by atoms with E-state index >= 15 is 0 Å². The van der Waals surface area contributed by atoms with Crippen LogP contribution in [0.5, 0.6) is 0 Å². The predicted octanol–water partition coefficient (Wildman–Crippen LogP) is 0.530. The molecule has 0 aliphatic heterocycles. The lowest BCUT2D eigenvalue weighted by molar-refractivity contribution is -0.127. The SMILES string of the molecule is COCCNC(=NCC(=O)N(C)C)NCc1nc(C)c(C)s1. The van der Waals surface area contributed by atoms with Crippen molar-refractivity contribution in [1.29, 1.82) is 0 Å². The minimum atomic E-state index is -0.0474. The Balaban J connectivity index is 2.60. The molecule has 22 heavy (non-hydrogen) atoms. The second kappa shape index (κ2) is 9.37. The molecule has 1 aromatic heterocycles. The molecule has 0 saturated carbocycles. The number of nitrogens with zero attached hydrogens (tertiary/aromatic N) is 3. The minimum absolute atomic E-state index is 0.0474. The lowest BCUT2D eigenvalue weighted by Gasteiger charge is -2.12. The summed E-state index contributed by atoms with van der Waals surface area (Å²) in [5.41, 5.74) is 1.05. The highest BCUT2D eigenvalue weighted by Gasteiger charge is 2.07. The van der Waals surface area contributed by atoms with E-state index in [1.54, 1.807) is 32.5 Å². The van der Waals surface area contributed by atoms with Crippen molar-refractivity contribution in [2.24, 2.45) is 4.99 Å². The van der Waals surface area contributed by atoms with Gasteiger partial charge in [0.05, 0.1) is 18.8 Å². The van der Waals surface area contributed by atoms with Crippen molar-refractivity contribution in [3.8, 4) is 0 Å². The van der Waals surface area contributed by atoms with Crippen molar-refractivity contribution in [2.45, 2.75) is 20.4 Å². The zero-order valence-electron chi connectivity index (χ0n) is 13.9. The Kier molecular flexibility index (Phi) is 7.83. The number of likely N-dealkylation sites (N-methyl/N-ethyl adjacent to an activating group) is 1. The second-order valence-corrected chi connectivity index (χ2v) is 6.26. The highest BCUT2D eigenvalue weighted by atomic mass is 32.1. The largest absolute Gasteiger partial charge is 0.383 e. The molecule has 0 aliphatic rings. The maximum Gasteiger partial charge on any atom is 0.243 e. The van der Waals surface area contributed by atoms with Gasteiger partial charge in [0, 0.05) is 32.6 Å². The summed E-state index contributed by atoms with van der Waals surface area (Å²) >= 11 is 1.66. The molecule has 1 rings (SSSR count). The number of nitrogens with one attached hydrogen (secondary N) is 2. The van der Waals surface area contributed by atoms with E-state index in [0.717, 1.165) is 10.7 Å². The average Bonchev–Trinajstić information content (AvgIpc) is 2.79. The normalized spacial score (nSPS) is 11.4. The van der Waals surface area contributed by atoms with Crippen LogP contribution in [0.4, 0.5) is 0 Å². The van der Waals surface area contributed by atoms with E-state index < -0.39 is 0 Å². The lowest BCUT2D eigenvalue weighted by Crippen LogP contribution is -2.39. The number of ether oxygens (including phenoxy) is 1. The third kappa shape index (κ3) is 6.40. The molecule has 8 heteroatoms. The third-order valence-electron chi connectivity index (χ3n) is 2.95. The lowest BCUT2D eigenvalue weighted by atomic mass is 10.4. The number of hydrogen-bond acceptors (Lipinski definition) is 5. The predicted molar refractivity (Wildman–Crippen MR) is 89.3 cm³/mol. The highest BCUT2D eigenvalue weighted by molar-refractivity contribution is 7.11. The molecular weight excluding hydrogens is 302 g/mol. The number of aliphatic imine (C=N–C) groups is 1. The van der Waals surface area contributed by atoms with Crippen LogP contribution in [-0.2, 0) is 16.1 Å². The van der Waals surface area contributed by atoms with Gasteiger partial charge in [-0.15, -0.1) is 11.3 Å². The number of aryl methyl sites for hydroxylation is 2. The van der Waals surface area contributed by atoms with Gasteiger partial charge in [0.2, 0.25) is 5.91 Å². The molecule has 0 spiro atoms. The van der Waals surface area contributed by atoms with Crippen LogP contribution in [0, 0.1) is 13.8 Å². The quantitative estimate of drug-likeness (QED) is 0.434. The van der Waals surface area contributed by atoms with Crippen LogP contribution in [0.2, 0.25) is 0 Å². The van der Waals surface area contributed by atoms with E-state index in [4.69, 9.17) is 4.74 Å². The Labute approximate surface area is 135 Å². The number of rotatable bonds is 7. The van der Waals surface area contributed by atoms with Crippen LogP contribution < -0.4 is 10.6 Å². The topological polar surface area (TPSA) is 78.8 Å². The molecule has 0 bridgehead atoms. The molecule has 1 aromatic rings. The maximum atomic E-state index is 11.6. The molecule has 0 atom stereocenters. The van der Waals surface area contributed by atoms with Crippen molar-refractivity contribution in [2.75, 3.05) is 40.9 Å². The Morgan fingerprint density at radius 3 is 2.64 bits per heavy atom. The van der Waals surface area contributed by atoms with Gasteiger partial charge in [0.25, 0.3) is 0 Å². The van der Waals surface area contributed by atoms with Crippen molar-refractivity contribution in [3.05, 3.63) is 15.6 Å². The Bertz CT molecular complexity index is 494. The highest BCUT2D eigenvalue weighted by Crippen LogP contribution is 2.15. The summed E-state index contributed by atoms with van der Waals surface area (Å²) in [5.74, 6) is 0.534. The van der Waals surface area contributed by atoms with Gasteiger partial charge in [0.15, 0.2) is 5.96 Å². The van der Waals surface area contributed by atoms with Gasteiger partial charge in [-0.2, -0.15) is 0 Å². The fourth-order valence-corrected chi connectivity index (χ4v) is 2.38. The first kappa shape index (κ1) is 18.4. The number of carbonyl (C=O) groups excluding carboxylic acids is 1. The van der Waals surface area contributed by atoms with Crippen LogP contribution in [0.15, 0.2) is 4.99 Å².